The van der Waals surface area contributed by atoms with Crippen molar-refractivity contribution in [2.45, 2.75) is 122 Å². The zero-order valence-electron chi connectivity index (χ0n) is 33.9. The monoisotopic (exact) mass is 807 g/mol. The molecule has 15 nitrogen and oxygen atoms in total. The molecular formula is C43H53NO14. The van der Waals surface area contributed by atoms with E-state index in [0.29, 0.717) is 5.56 Å². The predicted molar refractivity (Wildman–Crippen MR) is 203 cm³/mol. The molecule has 2 aromatic carbocycles. The highest BCUT2D eigenvalue weighted by Gasteiger charge is 2.79. The summed E-state index contributed by atoms with van der Waals surface area (Å²) in [4.78, 5) is 83.6. The summed E-state index contributed by atoms with van der Waals surface area (Å²) in [5.74, 6) is -8.93. The first kappa shape index (κ1) is 42.9. The molecule has 0 radical (unpaired) electrons. The van der Waals surface area contributed by atoms with Crippen LogP contribution in [0.3, 0.4) is 0 Å². The number of amides is 1. The van der Waals surface area contributed by atoms with E-state index >= 15 is 0 Å². The standard InChI is InChI=1S/C43H53NO14/c1-22-26(55-37(51)32(48)30(24-15-11-9-12-16-24)44-38(52)58-39(3,4)5)20-43(53)35(56-36(50)25-17-13-10-14-18-25)33-41(8,34(49)31(47)29(22)40(43,6)7)27(46)19-28-42(33,21-54-28)57-23(2)45/h9-18,22,26-30,32-33,35,46,48,53H,19-21H2,1-8H3,(H,44,52)/t22?,26-,27-,28+,29?,30+,32+,33?,35-,41+,42-,43+/m0/s1. The Morgan fingerprint density at radius 1 is 0.948 bits per heavy atom. The second-order valence-corrected chi connectivity index (χ2v) is 17.9. The molecule has 4 aliphatic rings. The van der Waals surface area contributed by atoms with Crippen LogP contribution in [0.1, 0.15) is 90.2 Å². The molecule has 1 amide bonds. The Labute approximate surface area is 336 Å². The summed E-state index contributed by atoms with van der Waals surface area (Å²) in [5.41, 5.74) is -8.31. The fourth-order valence-corrected chi connectivity index (χ4v) is 9.87. The van der Waals surface area contributed by atoms with Gasteiger partial charge in [-0.1, -0.05) is 69.3 Å². The summed E-state index contributed by atoms with van der Waals surface area (Å²) in [6, 6.07) is 14.6. The topological polar surface area (TPSA) is 221 Å². The van der Waals surface area contributed by atoms with Crippen molar-refractivity contribution < 1.29 is 67.8 Å². The maximum absolute atomic E-state index is 14.9. The van der Waals surface area contributed by atoms with Crippen LogP contribution >= 0.6 is 0 Å². The van der Waals surface area contributed by atoms with E-state index in [1.807, 2.05) is 0 Å². The molecule has 6 rings (SSSR count). The lowest BCUT2D eigenvalue weighted by molar-refractivity contribution is -0.350. The van der Waals surface area contributed by atoms with Crippen molar-refractivity contribution in [3.05, 3.63) is 71.8 Å². The molecule has 0 spiro atoms. The van der Waals surface area contributed by atoms with Crippen LogP contribution in [0.15, 0.2) is 60.7 Å². The number of esters is 3. The Morgan fingerprint density at radius 3 is 2.10 bits per heavy atom. The van der Waals surface area contributed by atoms with Crippen molar-refractivity contribution in [1.82, 2.24) is 5.32 Å². The first-order chi connectivity index (χ1) is 27.0. The molecule has 15 heteroatoms. The number of hydrogen-bond donors (Lipinski definition) is 4. The molecular weight excluding hydrogens is 754 g/mol. The Hall–Kier alpha value is -4.70. The molecule has 2 aromatic rings. The van der Waals surface area contributed by atoms with E-state index in [2.05, 4.69) is 5.32 Å². The fraction of sp³-hybridized carbons (Fsp3) is 0.581. The Morgan fingerprint density at radius 2 is 1.55 bits per heavy atom. The van der Waals surface area contributed by atoms with Crippen LogP contribution in [-0.2, 0) is 42.9 Å². The number of hydrogen-bond acceptors (Lipinski definition) is 14. The number of benzene rings is 2. The van der Waals surface area contributed by atoms with Crippen LogP contribution in [-0.4, -0.2) is 105 Å². The molecule has 4 fully saturated rings. The van der Waals surface area contributed by atoms with Gasteiger partial charge in [-0.25, -0.2) is 14.4 Å². The van der Waals surface area contributed by atoms with Crippen molar-refractivity contribution in [3.8, 4) is 0 Å². The fourth-order valence-electron chi connectivity index (χ4n) is 9.87. The normalized spacial score (nSPS) is 34.9. The van der Waals surface area contributed by atoms with Gasteiger partial charge in [0.2, 0.25) is 11.6 Å². The lowest BCUT2D eigenvalue weighted by Crippen LogP contribution is -2.82. The molecule has 3 saturated carbocycles. The van der Waals surface area contributed by atoms with E-state index in [9.17, 15) is 44.1 Å². The van der Waals surface area contributed by atoms with Crippen molar-refractivity contribution in [2.75, 3.05) is 6.61 Å². The van der Waals surface area contributed by atoms with Gasteiger partial charge in [-0.05, 0) is 45.4 Å². The average molecular weight is 808 g/mol. The van der Waals surface area contributed by atoms with Crippen LogP contribution in [0, 0.1) is 28.6 Å². The highest BCUT2D eigenvalue weighted by molar-refractivity contribution is 6.40. The summed E-state index contributed by atoms with van der Waals surface area (Å²) in [7, 11) is 0. The van der Waals surface area contributed by atoms with E-state index in [0.717, 1.165) is 6.92 Å². The Bertz CT molecular complexity index is 1950. The van der Waals surface area contributed by atoms with Gasteiger partial charge in [0.1, 0.15) is 29.5 Å². The summed E-state index contributed by atoms with van der Waals surface area (Å²) >= 11 is 0. The highest BCUT2D eigenvalue weighted by Crippen LogP contribution is 2.64. The van der Waals surface area contributed by atoms with Crippen LogP contribution in [0.5, 0.6) is 0 Å². The number of ether oxygens (including phenoxy) is 5. The number of ketones is 2. The number of alkyl carbamates (subject to hydrolysis) is 1. The third kappa shape index (κ3) is 7.09. The Balaban J connectivity index is 1.46. The van der Waals surface area contributed by atoms with Gasteiger partial charge >= 0.3 is 24.0 Å². The second-order valence-electron chi connectivity index (χ2n) is 17.9. The van der Waals surface area contributed by atoms with Crippen LogP contribution in [0.25, 0.3) is 0 Å². The van der Waals surface area contributed by atoms with Crippen LogP contribution in [0.2, 0.25) is 0 Å². The molecule has 1 heterocycles. The number of aliphatic hydroxyl groups is 3. The minimum absolute atomic E-state index is 0.0747. The summed E-state index contributed by atoms with van der Waals surface area (Å²) in [6.45, 7) is 11.8. The summed E-state index contributed by atoms with van der Waals surface area (Å²) in [5, 5.41) is 39.3. The van der Waals surface area contributed by atoms with E-state index < -0.39 is 124 Å². The van der Waals surface area contributed by atoms with Gasteiger partial charge in [0.25, 0.3) is 0 Å². The van der Waals surface area contributed by atoms with Gasteiger partial charge in [0.15, 0.2) is 11.7 Å². The van der Waals surface area contributed by atoms with Gasteiger partial charge in [0.05, 0.1) is 35.6 Å². The van der Waals surface area contributed by atoms with Crippen LogP contribution in [0.4, 0.5) is 4.79 Å². The molecule has 0 aromatic heterocycles. The summed E-state index contributed by atoms with van der Waals surface area (Å²) < 4.78 is 29.5. The highest BCUT2D eigenvalue weighted by atomic mass is 16.6. The molecule has 12 atom stereocenters. The molecule has 1 aliphatic heterocycles. The number of aliphatic hydroxyl groups excluding tert-OH is 2. The van der Waals surface area contributed by atoms with Crippen molar-refractivity contribution >= 4 is 35.6 Å². The molecule has 1 saturated heterocycles. The van der Waals surface area contributed by atoms with Gasteiger partial charge in [-0.15, -0.1) is 0 Å². The summed E-state index contributed by atoms with van der Waals surface area (Å²) in [6.07, 6.45) is -9.48. The van der Waals surface area contributed by atoms with Crippen molar-refractivity contribution in [3.63, 3.8) is 0 Å². The third-order valence-electron chi connectivity index (χ3n) is 12.9. The minimum Gasteiger partial charge on any atom is -0.460 e. The zero-order chi connectivity index (χ0) is 42.7. The van der Waals surface area contributed by atoms with E-state index in [4.69, 9.17) is 23.7 Å². The number of carbonyl (C=O) groups excluding carboxylic acids is 6. The van der Waals surface area contributed by atoms with Crippen LogP contribution < -0.4 is 5.32 Å². The number of nitrogens with one attached hydrogen (secondary N) is 1. The second kappa shape index (κ2) is 15.2. The largest absolute Gasteiger partial charge is 0.460 e. The van der Waals surface area contributed by atoms with Gasteiger partial charge in [-0.3, -0.25) is 14.4 Å². The predicted octanol–water partition coefficient (Wildman–Crippen LogP) is 3.40. The molecule has 2 bridgehead atoms. The smallest absolute Gasteiger partial charge is 0.408 e. The quantitative estimate of drug-likeness (QED) is 0.171. The number of rotatable bonds is 8. The van der Waals surface area contributed by atoms with E-state index in [1.165, 1.54) is 19.1 Å². The average Bonchev–Trinajstić information content (AvgIpc) is 3.14. The maximum atomic E-state index is 14.9. The number of fused-ring (bicyclic) bond motifs is 5. The van der Waals surface area contributed by atoms with Crippen molar-refractivity contribution in [2.24, 2.45) is 28.6 Å². The first-order valence-corrected chi connectivity index (χ1v) is 19.5. The first-order valence-electron chi connectivity index (χ1n) is 19.5. The Kier molecular flexibility index (Phi) is 11.2. The van der Waals surface area contributed by atoms with E-state index in [1.54, 1.807) is 90.1 Å². The molecule has 58 heavy (non-hydrogen) atoms. The van der Waals surface area contributed by atoms with Gasteiger partial charge < -0.3 is 44.3 Å². The minimum atomic E-state index is -2.36. The SMILES string of the molecule is CC(=O)O[C@@]12CO[C@@H]1C[C@H](O)[C@@]1(C)C(=O)C(=O)C3C(C)[C@@H](OC(=O)[C@H](O)[C@H](NC(=O)OC(C)(C)C)c4ccccc4)C[C@@](O)([C@@H](OC(=O)c4ccccc4)C12)C3(C)C. The zero-order valence-corrected chi connectivity index (χ0v) is 33.9. The lowest BCUT2D eigenvalue weighted by Gasteiger charge is -2.67. The maximum Gasteiger partial charge on any atom is 0.408 e. The third-order valence-corrected chi connectivity index (χ3v) is 12.9. The lowest BCUT2D eigenvalue weighted by atomic mass is 9.42. The molecule has 314 valence electrons. The molecule has 3 unspecified atom stereocenters. The van der Waals surface area contributed by atoms with Gasteiger partial charge in [0, 0.05) is 37.0 Å². The van der Waals surface area contributed by atoms with Gasteiger partial charge in [-0.2, -0.15) is 0 Å². The molecule has 4 N–H and O–H groups in total. The number of Topliss-reactive ketones (excluding diaryl/α,β-unsaturated/α-hetero) is 2. The van der Waals surface area contributed by atoms with E-state index in [-0.39, 0.29) is 18.6 Å². The van der Waals surface area contributed by atoms with Crippen molar-refractivity contribution in [1.29, 1.82) is 0 Å². The molecule has 3 aliphatic carbocycles. The number of carbonyl (C=O) groups is 6.